The van der Waals surface area contributed by atoms with E-state index in [4.69, 9.17) is 0 Å². The molecule has 186 valence electrons. The molecule has 0 amide bonds. The van der Waals surface area contributed by atoms with Gasteiger partial charge in [0.1, 0.15) is 17.7 Å². The minimum absolute atomic E-state index is 0.0511. The highest BCUT2D eigenvalue weighted by atomic mass is 19.1. The van der Waals surface area contributed by atoms with E-state index in [-0.39, 0.29) is 29.6 Å². The number of nitriles is 1. The van der Waals surface area contributed by atoms with Gasteiger partial charge in [-0.15, -0.1) is 0 Å². The Hall–Kier alpha value is -3.96. The van der Waals surface area contributed by atoms with Crippen molar-refractivity contribution in [3.05, 3.63) is 94.6 Å². The fourth-order valence-electron chi connectivity index (χ4n) is 4.50. The highest BCUT2D eigenvalue weighted by Crippen LogP contribution is 2.33. The fourth-order valence-corrected chi connectivity index (χ4v) is 4.50. The topological polar surface area (TPSA) is 97.2 Å². The van der Waals surface area contributed by atoms with Crippen LogP contribution in [0.15, 0.2) is 60.7 Å². The summed E-state index contributed by atoms with van der Waals surface area (Å²) in [6.45, 7) is 3.75. The molecule has 1 aliphatic rings. The molecule has 4 rings (SSSR count). The van der Waals surface area contributed by atoms with Gasteiger partial charge in [-0.25, -0.2) is 8.78 Å². The Labute approximate surface area is 209 Å². The van der Waals surface area contributed by atoms with Crippen molar-refractivity contribution < 1.29 is 18.7 Å². The SMILES string of the molecule is CC(C)(C(=O)O)c1cc(CCN[C@H](c2ccccc2)[C@H]2CNc3cccc(C#N)c3N2)c(F)cc1F. The van der Waals surface area contributed by atoms with Crippen molar-refractivity contribution in [2.24, 2.45) is 0 Å². The van der Waals surface area contributed by atoms with Gasteiger partial charge in [0.05, 0.1) is 34.4 Å². The normalized spacial score (nSPS) is 15.7. The molecule has 0 unspecified atom stereocenters. The van der Waals surface area contributed by atoms with Crippen LogP contribution in [0.3, 0.4) is 0 Å². The summed E-state index contributed by atoms with van der Waals surface area (Å²) in [6.07, 6.45) is 0.234. The van der Waals surface area contributed by atoms with Crippen molar-refractivity contribution in [1.82, 2.24) is 5.32 Å². The zero-order valence-electron chi connectivity index (χ0n) is 20.1. The lowest BCUT2D eigenvalue weighted by Gasteiger charge is -2.35. The number of para-hydroxylation sites is 1. The van der Waals surface area contributed by atoms with Crippen LogP contribution in [-0.4, -0.2) is 30.2 Å². The van der Waals surface area contributed by atoms with E-state index in [9.17, 15) is 23.9 Å². The standard InChI is InChI=1S/C28H28F2N4O2/c1-28(2,27(35)36)20-13-18(21(29)14-22(20)30)11-12-32-25(17-7-4-3-5-8-17)24-16-33-23-10-6-9-19(15-31)26(23)34-24/h3-10,13-14,24-25,32-34H,11-12,16H2,1-2H3,(H,35,36)/t24-,25-/m1/s1. The lowest BCUT2D eigenvalue weighted by molar-refractivity contribution is -0.142. The Balaban J connectivity index is 1.56. The van der Waals surface area contributed by atoms with Crippen molar-refractivity contribution in [1.29, 1.82) is 5.26 Å². The second-order valence-electron chi connectivity index (χ2n) is 9.42. The molecule has 8 heteroatoms. The van der Waals surface area contributed by atoms with Gasteiger partial charge in [0.25, 0.3) is 0 Å². The molecule has 3 aromatic rings. The van der Waals surface area contributed by atoms with Crippen LogP contribution in [0.5, 0.6) is 0 Å². The summed E-state index contributed by atoms with van der Waals surface area (Å²) in [5.41, 5.74) is 1.86. The molecule has 0 aromatic heterocycles. The molecule has 0 aliphatic carbocycles. The Morgan fingerprint density at radius 2 is 1.92 bits per heavy atom. The molecule has 3 aromatic carbocycles. The number of nitrogens with one attached hydrogen (secondary N) is 3. The highest BCUT2D eigenvalue weighted by molar-refractivity contribution is 5.80. The van der Waals surface area contributed by atoms with Gasteiger partial charge in [-0.3, -0.25) is 4.79 Å². The van der Waals surface area contributed by atoms with E-state index in [0.29, 0.717) is 18.7 Å². The number of nitrogens with zero attached hydrogens (tertiary/aromatic N) is 1. The molecule has 4 N–H and O–H groups in total. The Bertz CT molecular complexity index is 1300. The first-order chi connectivity index (χ1) is 17.2. The van der Waals surface area contributed by atoms with Crippen LogP contribution in [0.4, 0.5) is 20.2 Å². The number of fused-ring (bicyclic) bond motifs is 1. The van der Waals surface area contributed by atoms with Gasteiger partial charge < -0.3 is 21.1 Å². The zero-order chi connectivity index (χ0) is 25.9. The van der Waals surface area contributed by atoms with Gasteiger partial charge in [0.15, 0.2) is 0 Å². The summed E-state index contributed by atoms with van der Waals surface area (Å²) in [6, 6.07) is 19.3. The van der Waals surface area contributed by atoms with Crippen LogP contribution >= 0.6 is 0 Å². The van der Waals surface area contributed by atoms with E-state index in [1.807, 2.05) is 42.5 Å². The number of hydrogen-bond acceptors (Lipinski definition) is 5. The maximum absolute atomic E-state index is 14.6. The van der Waals surface area contributed by atoms with Gasteiger partial charge in [-0.05, 0) is 56.1 Å². The highest BCUT2D eigenvalue weighted by Gasteiger charge is 2.33. The van der Waals surface area contributed by atoms with Crippen LogP contribution < -0.4 is 16.0 Å². The zero-order valence-corrected chi connectivity index (χ0v) is 20.1. The molecule has 0 saturated carbocycles. The average molecular weight is 491 g/mol. The monoisotopic (exact) mass is 490 g/mol. The molecule has 1 aliphatic heterocycles. The Morgan fingerprint density at radius 3 is 2.61 bits per heavy atom. The molecular formula is C28H28F2N4O2. The van der Waals surface area contributed by atoms with Crippen molar-refractivity contribution in [2.75, 3.05) is 23.7 Å². The molecule has 0 bridgehead atoms. The number of carboxylic acids is 1. The largest absolute Gasteiger partial charge is 0.481 e. The van der Waals surface area contributed by atoms with Crippen LogP contribution in [-0.2, 0) is 16.6 Å². The van der Waals surface area contributed by atoms with Crippen molar-refractivity contribution >= 4 is 17.3 Å². The quantitative estimate of drug-likeness (QED) is 0.356. The first-order valence-electron chi connectivity index (χ1n) is 11.8. The number of rotatable bonds is 8. The first-order valence-corrected chi connectivity index (χ1v) is 11.8. The second-order valence-corrected chi connectivity index (χ2v) is 9.42. The van der Waals surface area contributed by atoms with Gasteiger partial charge in [0, 0.05) is 18.2 Å². The predicted molar refractivity (Wildman–Crippen MR) is 135 cm³/mol. The maximum atomic E-state index is 14.6. The Morgan fingerprint density at radius 1 is 1.17 bits per heavy atom. The number of aliphatic carboxylic acids is 1. The van der Waals surface area contributed by atoms with E-state index < -0.39 is 23.0 Å². The third-order valence-electron chi connectivity index (χ3n) is 6.69. The summed E-state index contributed by atoms with van der Waals surface area (Å²) in [7, 11) is 0. The third kappa shape index (κ3) is 5.02. The molecular weight excluding hydrogens is 462 g/mol. The number of carbonyl (C=O) groups is 1. The molecule has 6 nitrogen and oxygen atoms in total. The van der Waals surface area contributed by atoms with Crippen molar-refractivity contribution in [3.63, 3.8) is 0 Å². The molecule has 0 spiro atoms. The number of hydrogen-bond donors (Lipinski definition) is 4. The minimum Gasteiger partial charge on any atom is -0.481 e. The van der Waals surface area contributed by atoms with Crippen LogP contribution in [0.2, 0.25) is 0 Å². The lowest BCUT2D eigenvalue weighted by Crippen LogP contribution is -2.44. The molecule has 36 heavy (non-hydrogen) atoms. The summed E-state index contributed by atoms with van der Waals surface area (Å²) in [5.74, 6) is -2.77. The maximum Gasteiger partial charge on any atom is 0.313 e. The van der Waals surface area contributed by atoms with E-state index in [0.717, 1.165) is 23.0 Å². The van der Waals surface area contributed by atoms with Crippen LogP contribution in [0, 0.1) is 23.0 Å². The number of halogens is 2. The van der Waals surface area contributed by atoms with E-state index in [1.165, 1.54) is 19.9 Å². The number of anilines is 2. The van der Waals surface area contributed by atoms with E-state index in [1.54, 1.807) is 6.07 Å². The van der Waals surface area contributed by atoms with Crippen LogP contribution in [0.25, 0.3) is 0 Å². The smallest absolute Gasteiger partial charge is 0.313 e. The van der Waals surface area contributed by atoms with Gasteiger partial charge in [0.2, 0.25) is 0 Å². The number of carboxylic acid groups (broad SMARTS) is 1. The molecule has 2 atom stereocenters. The predicted octanol–water partition coefficient (Wildman–Crippen LogP) is 4.98. The minimum atomic E-state index is -1.49. The average Bonchev–Trinajstić information content (AvgIpc) is 2.87. The fraction of sp³-hybridized carbons (Fsp3) is 0.286. The molecule has 0 saturated heterocycles. The van der Waals surface area contributed by atoms with Gasteiger partial charge in [-0.2, -0.15) is 5.26 Å². The van der Waals surface area contributed by atoms with Crippen LogP contribution in [0.1, 0.15) is 42.1 Å². The van der Waals surface area contributed by atoms with Gasteiger partial charge in [-0.1, -0.05) is 36.4 Å². The summed E-state index contributed by atoms with van der Waals surface area (Å²) in [5, 5.41) is 29.4. The molecule has 1 heterocycles. The summed E-state index contributed by atoms with van der Waals surface area (Å²) >= 11 is 0. The third-order valence-corrected chi connectivity index (χ3v) is 6.69. The lowest BCUT2D eigenvalue weighted by atomic mass is 9.83. The summed E-state index contributed by atoms with van der Waals surface area (Å²) < 4.78 is 29.0. The first kappa shape index (κ1) is 25.1. The van der Waals surface area contributed by atoms with E-state index >= 15 is 0 Å². The molecule has 0 radical (unpaired) electrons. The molecule has 0 fully saturated rings. The van der Waals surface area contributed by atoms with Crippen molar-refractivity contribution in [3.8, 4) is 6.07 Å². The van der Waals surface area contributed by atoms with Crippen molar-refractivity contribution in [2.45, 2.75) is 37.8 Å². The second kappa shape index (κ2) is 10.3. The van der Waals surface area contributed by atoms with Gasteiger partial charge >= 0.3 is 5.97 Å². The Kier molecular flexibility index (Phi) is 7.22. The van der Waals surface area contributed by atoms with E-state index in [2.05, 4.69) is 22.0 Å². The number of benzene rings is 3. The summed E-state index contributed by atoms with van der Waals surface area (Å²) in [4.78, 5) is 11.6.